The van der Waals surface area contributed by atoms with E-state index >= 15 is 0 Å². The van der Waals surface area contributed by atoms with E-state index in [1.807, 2.05) is 17.0 Å². The Morgan fingerprint density at radius 3 is 2.96 bits per heavy atom. The van der Waals surface area contributed by atoms with E-state index in [0.29, 0.717) is 0 Å². The Morgan fingerprint density at radius 2 is 2.15 bits per heavy atom. The standard InChI is InChI=1S/C19H24N6O/c1-13(26)25-10-2-3-15(12-25)22-19-16-6-9-21-11-17(16)23-18(24-19)14-4-7-20-8-5-14/h4-5,7-8,15,21H,2-3,6,9-12H2,1H3,(H,22,23,24)/t15-/m0/s1. The zero-order valence-electron chi connectivity index (χ0n) is 15.0. The number of likely N-dealkylation sites (tertiary alicyclic amines) is 1. The lowest BCUT2D eigenvalue weighted by molar-refractivity contribution is -0.129. The van der Waals surface area contributed by atoms with Crippen molar-refractivity contribution in [1.29, 1.82) is 0 Å². The number of amides is 1. The van der Waals surface area contributed by atoms with Crippen molar-refractivity contribution in [3.8, 4) is 11.4 Å². The quantitative estimate of drug-likeness (QED) is 0.873. The molecule has 1 saturated heterocycles. The molecule has 7 heteroatoms. The van der Waals surface area contributed by atoms with Crippen molar-refractivity contribution in [1.82, 2.24) is 25.2 Å². The summed E-state index contributed by atoms with van der Waals surface area (Å²) in [6, 6.07) is 4.09. The number of anilines is 1. The number of pyridine rings is 1. The van der Waals surface area contributed by atoms with Crippen molar-refractivity contribution < 1.29 is 4.79 Å². The Labute approximate surface area is 153 Å². The Kier molecular flexibility index (Phi) is 4.79. The Balaban J connectivity index is 1.65. The van der Waals surface area contributed by atoms with Gasteiger partial charge in [-0.15, -0.1) is 0 Å². The predicted octanol–water partition coefficient (Wildman–Crippen LogP) is 1.61. The molecule has 4 heterocycles. The topological polar surface area (TPSA) is 83.0 Å². The molecule has 0 radical (unpaired) electrons. The van der Waals surface area contributed by atoms with Gasteiger partial charge in [0, 0.05) is 56.1 Å². The fourth-order valence-electron chi connectivity index (χ4n) is 3.68. The molecule has 7 nitrogen and oxygen atoms in total. The Morgan fingerprint density at radius 1 is 1.31 bits per heavy atom. The number of hydrogen-bond donors (Lipinski definition) is 2. The van der Waals surface area contributed by atoms with E-state index in [9.17, 15) is 4.79 Å². The third-order valence-electron chi connectivity index (χ3n) is 5.08. The zero-order chi connectivity index (χ0) is 17.9. The summed E-state index contributed by atoms with van der Waals surface area (Å²) in [5, 5.41) is 7.00. The first kappa shape index (κ1) is 16.9. The summed E-state index contributed by atoms with van der Waals surface area (Å²) < 4.78 is 0. The molecule has 0 unspecified atom stereocenters. The van der Waals surface area contributed by atoms with Crippen molar-refractivity contribution in [3.05, 3.63) is 35.8 Å². The fourth-order valence-corrected chi connectivity index (χ4v) is 3.68. The number of rotatable bonds is 3. The maximum absolute atomic E-state index is 11.7. The third kappa shape index (κ3) is 3.53. The second kappa shape index (κ2) is 7.37. The van der Waals surface area contributed by atoms with Crippen LogP contribution in [0.15, 0.2) is 24.5 Å². The largest absolute Gasteiger partial charge is 0.365 e. The minimum atomic E-state index is 0.142. The highest BCUT2D eigenvalue weighted by atomic mass is 16.2. The van der Waals surface area contributed by atoms with Crippen LogP contribution >= 0.6 is 0 Å². The molecule has 26 heavy (non-hydrogen) atoms. The van der Waals surface area contributed by atoms with Crippen LogP contribution in [0.2, 0.25) is 0 Å². The summed E-state index contributed by atoms with van der Waals surface area (Å²) in [6.07, 6.45) is 6.50. The van der Waals surface area contributed by atoms with Gasteiger partial charge in [0.25, 0.3) is 0 Å². The summed E-state index contributed by atoms with van der Waals surface area (Å²) >= 11 is 0. The highest BCUT2D eigenvalue weighted by molar-refractivity contribution is 5.73. The highest BCUT2D eigenvalue weighted by Crippen LogP contribution is 2.26. The molecule has 0 aliphatic carbocycles. The lowest BCUT2D eigenvalue weighted by atomic mass is 10.0. The second-order valence-corrected chi connectivity index (χ2v) is 6.93. The molecule has 1 amide bonds. The average molecular weight is 352 g/mol. The van der Waals surface area contributed by atoms with Gasteiger partial charge in [0.1, 0.15) is 5.82 Å². The lowest BCUT2D eigenvalue weighted by Gasteiger charge is -2.33. The van der Waals surface area contributed by atoms with Gasteiger partial charge >= 0.3 is 0 Å². The molecule has 136 valence electrons. The second-order valence-electron chi connectivity index (χ2n) is 6.93. The van der Waals surface area contributed by atoms with Gasteiger partial charge in [-0.05, 0) is 37.9 Å². The van der Waals surface area contributed by atoms with Gasteiger partial charge in [-0.3, -0.25) is 9.78 Å². The van der Waals surface area contributed by atoms with Gasteiger partial charge in [-0.2, -0.15) is 0 Å². The minimum Gasteiger partial charge on any atom is -0.365 e. The van der Waals surface area contributed by atoms with Crippen LogP contribution in [0.3, 0.4) is 0 Å². The van der Waals surface area contributed by atoms with Crippen LogP contribution in [0.25, 0.3) is 11.4 Å². The molecule has 2 aliphatic heterocycles. The number of nitrogens with zero attached hydrogens (tertiary/aromatic N) is 4. The summed E-state index contributed by atoms with van der Waals surface area (Å²) in [5.41, 5.74) is 3.21. The maximum Gasteiger partial charge on any atom is 0.219 e. The predicted molar refractivity (Wildman–Crippen MR) is 99.6 cm³/mol. The monoisotopic (exact) mass is 352 g/mol. The normalized spacial score (nSPS) is 19.7. The molecule has 2 N–H and O–H groups in total. The molecule has 2 aromatic heterocycles. The lowest BCUT2D eigenvalue weighted by Crippen LogP contribution is -2.44. The molecule has 1 fully saturated rings. The van der Waals surface area contributed by atoms with Gasteiger partial charge in [0.2, 0.25) is 5.91 Å². The number of nitrogens with one attached hydrogen (secondary N) is 2. The summed E-state index contributed by atoms with van der Waals surface area (Å²) in [4.78, 5) is 27.3. The van der Waals surface area contributed by atoms with E-state index in [2.05, 4.69) is 15.6 Å². The van der Waals surface area contributed by atoms with Gasteiger partial charge < -0.3 is 15.5 Å². The van der Waals surface area contributed by atoms with Crippen molar-refractivity contribution in [3.63, 3.8) is 0 Å². The number of carbonyl (C=O) groups excluding carboxylic acids is 1. The van der Waals surface area contributed by atoms with E-state index in [-0.39, 0.29) is 11.9 Å². The molecule has 2 aliphatic rings. The summed E-state index contributed by atoms with van der Waals surface area (Å²) in [6.45, 7) is 4.92. The molecule has 4 rings (SSSR count). The van der Waals surface area contributed by atoms with Crippen molar-refractivity contribution >= 4 is 11.7 Å². The summed E-state index contributed by atoms with van der Waals surface area (Å²) in [5.74, 6) is 1.78. The van der Waals surface area contributed by atoms with Gasteiger partial charge in [0.15, 0.2) is 5.82 Å². The molecule has 0 bridgehead atoms. The number of piperidine rings is 1. The van der Waals surface area contributed by atoms with E-state index in [1.165, 1.54) is 5.56 Å². The van der Waals surface area contributed by atoms with Crippen LogP contribution in [0.5, 0.6) is 0 Å². The first-order chi connectivity index (χ1) is 12.7. The number of carbonyl (C=O) groups is 1. The van der Waals surface area contributed by atoms with Crippen LogP contribution in [0.4, 0.5) is 5.82 Å². The van der Waals surface area contributed by atoms with Crippen LogP contribution in [-0.4, -0.2) is 51.4 Å². The van der Waals surface area contributed by atoms with E-state index in [4.69, 9.17) is 9.97 Å². The minimum absolute atomic E-state index is 0.142. The van der Waals surface area contributed by atoms with Gasteiger partial charge in [0.05, 0.1) is 5.69 Å². The number of aromatic nitrogens is 3. The molecule has 1 atom stereocenters. The summed E-state index contributed by atoms with van der Waals surface area (Å²) in [7, 11) is 0. The van der Waals surface area contributed by atoms with Crippen molar-refractivity contribution in [2.45, 2.75) is 38.8 Å². The highest BCUT2D eigenvalue weighted by Gasteiger charge is 2.24. The van der Waals surface area contributed by atoms with E-state index in [0.717, 1.165) is 68.3 Å². The molecule has 2 aromatic rings. The number of hydrogen-bond acceptors (Lipinski definition) is 6. The Hall–Kier alpha value is -2.54. The molecule has 0 aromatic carbocycles. The first-order valence-electron chi connectivity index (χ1n) is 9.23. The smallest absolute Gasteiger partial charge is 0.219 e. The van der Waals surface area contributed by atoms with E-state index < -0.39 is 0 Å². The molecular formula is C19H24N6O. The van der Waals surface area contributed by atoms with Crippen LogP contribution < -0.4 is 10.6 Å². The third-order valence-corrected chi connectivity index (χ3v) is 5.08. The van der Waals surface area contributed by atoms with Gasteiger partial charge in [-0.25, -0.2) is 9.97 Å². The Bertz CT molecular complexity index is 794. The molecule has 0 spiro atoms. The maximum atomic E-state index is 11.7. The fraction of sp³-hybridized carbons (Fsp3) is 0.474. The first-order valence-corrected chi connectivity index (χ1v) is 9.23. The van der Waals surface area contributed by atoms with Crippen LogP contribution in [0, 0.1) is 0 Å². The van der Waals surface area contributed by atoms with Crippen LogP contribution in [0.1, 0.15) is 31.0 Å². The molecular weight excluding hydrogens is 328 g/mol. The van der Waals surface area contributed by atoms with Gasteiger partial charge in [-0.1, -0.05) is 0 Å². The van der Waals surface area contributed by atoms with Crippen LogP contribution in [-0.2, 0) is 17.8 Å². The molecule has 0 saturated carbocycles. The van der Waals surface area contributed by atoms with Crippen molar-refractivity contribution in [2.75, 3.05) is 25.0 Å². The SMILES string of the molecule is CC(=O)N1CCC[C@H](Nc2nc(-c3ccncc3)nc3c2CCNC3)C1. The van der Waals surface area contributed by atoms with E-state index in [1.54, 1.807) is 19.3 Å². The average Bonchev–Trinajstić information content (AvgIpc) is 2.69. The zero-order valence-corrected chi connectivity index (χ0v) is 15.0. The number of fused-ring (bicyclic) bond motifs is 1. The van der Waals surface area contributed by atoms with Crippen molar-refractivity contribution in [2.24, 2.45) is 0 Å².